The van der Waals surface area contributed by atoms with Gasteiger partial charge in [0.2, 0.25) is 5.91 Å². The van der Waals surface area contributed by atoms with Crippen LogP contribution in [-0.4, -0.2) is 42.4 Å². The zero-order chi connectivity index (χ0) is 20.0. The van der Waals surface area contributed by atoms with E-state index in [4.69, 9.17) is 0 Å². The molecule has 4 heterocycles. The SMILES string of the molecule is CN1Cc2nn(C)cc2-c2cc3c(nn2)CC=C3c2ccn(c2)CCCCC1=O. The molecule has 0 saturated carbocycles. The summed E-state index contributed by atoms with van der Waals surface area (Å²) in [5.74, 6) is 0.146. The third-order valence-corrected chi connectivity index (χ3v) is 5.77. The Kier molecular flexibility index (Phi) is 4.30. The number of amides is 1. The van der Waals surface area contributed by atoms with Crippen LogP contribution < -0.4 is 0 Å². The number of carbonyl (C=O) groups excluding carboxylic acids is 1. The summed E-state index contributed by atoms with van der Waals surface area (Å²) in [7, 11) is 3.74. The highest BCUT2D eigenvalue weighted by atomic mass is 16.2. The van der Waals surface area contributed by atoms with Crippen LogP contribution in [0, 0.1) is 0 Å². The molecule has 0 unspecified atom stereocenters. The number of rotatable bonds is 0. The van der Waals surface area contributed by atoms with Gasteiger partial charge in [0.05, 0.1) is 23.6 Å². The molecule has 0 radical (unpaired) electrons. The molecule has 3 aromatic heterocycles. The Hall–Kier alpha value is -3.22. The van der Waals surface area contributed by atoms with Crippen LogP contribution in [0.3, 0.4) is 0 Å². The van der Waals surface area contributed by atoms with Crippen LogP contribution in [0.5, 0.6) is 0 Å². The molecule has 5 rings (SSSR count). The minimum atomic E-state index is 0.146. The molecular weight excluding hydrogens is 364 g/mol. The van der Waals surface area contributed by atoms with Gasteiger partial charge in [-0.25, -0.2) is 0 Å². The highest BCUT2D eigenvalue weighted by Gasteiger charge is 2.22. The van der Waals surface area contributed by atoms with Gasteiger partial charge < -0.3 is 9.47 Å². The lowest BCUT2D eigenvalue weighted by molar-refractivity contribution is -0.130. The highest BCUT2D eigenvalue weighted by molar-refractivity contribution is 5.85. The highest BCUT2D eigenvalue weighted by Crippen LogP contribution is 2.34. The molecule has 148 valence electrons. The Labute approximate surface area is 169 Å². The summed E-state index contributed by atoms with van der Waals surface area (Å²) in [6.45, 7) is 1.39. The lowest BCUT2D eigenvalue weighted by atomic mass is 10.0. The molecule has 29 heavy (non-hydrogen) atoms. The van der Waals surface area contributed by atoms with E-state index in [1.165, 1.54) is 11.1 Å². The number of allylic oxidation sites excluding steroid dienone is 1. The zero-order valence-electron chi connectivity index (χ0n) is 16.8. The topological polar surface area (TPSA) is 68.8 Å². The number of aryl methyl sites for hydroxylation is 2. The number of aromatic nitrogens is 5. The molecule has 0 saturated heterocycles. The van der Waals surface area contributed by atoms with Gasteiger partial charge in [0, 0.05) is 63.2 Å². The first-order valence-corrected chi connectivity index (χ1v) is 10.1. The first kappa shape index (κ1) is 17.8. The number of hydrogen-bond acceptors (Lipinski definition) is 4. The maximum Gasteiger partial charge on any atom is 0.222 e. The first-order valence-electron chi connectivity index (χ1n) is 10.1. The van der Waals surface area contributed by atoms with E-state index in [9.17, 15) is 4.79 Å². The van der Waals surface area contributed by atoms with Crippen molar-refractivity contribution in [3.63, 3.8) is 0 Å². The van der Waals surface area contributed by atoms with Crippen LogP contribution in [0.4, 0.5) is 0 Å². The fourth-order valence-corrected chi connectivity index (χ4v) is 4.19. The third-order valence-electron chi connectivity index (χ3n) is 5.77. The van der Waals surface area contributed by atoms with E-state index < -0.39 is 0 Å². The molecule has 0 atom stereocenters. The van der Waals surface area contributed by atoms with E-state index in [-0.39, 0.29) is 5.91 Å². The lowest BCUT2D eigenvalue weighted by Gasteiger charge is -2.17. The number of carbonyl (C=O) groups is 1. The maximum absolute atomic E-state index is 12.6. The van der Waals surface area contributed by atoms with Crippen LogP contribution >= 0.6 is 0 Å². The van der Waals surface area contributed by atoms with Crippen LogP contribution in [0.15, 0.2) is 36.8 Å². The fourth-order valence-electron chi connectivity index (χ4n) is 4.19. The van der Waals surface area contributed by atoms with Gasteiger partial charge in [-0.3, -0.25) is 9.48 Å². The van der Waals surface area contributed by atoms with Crippen molar-refractivity contribution in [1.82, 2.24) is 29.4 Å². The molecule has 2 aliphatic rings. The van der Waals surface area contributed by atoms with E-state index in [0.717, 1.165) is 54.0 Å². The van der Waals surface area contributed by atoms with E-state index >= 15 is 0 Å². The maximum atomic E-state index is 12.6. The number of hydrogen-bond donors (Lipinski definition) is 0. The second-order valence-electron chi connectivity index (χ2n) is 7.92. The summed E-state index contributed by atoms with van der Waals surface area (Å²) in [4.78, 5) is 14.3. The van der Waals surface area contributed by atoms with Gasteiger partial charge in [0.25, 0.3) is 0 Å². The molecule has 1 aliphatic carbocycles. The zero-order valence-corrected chi connectivity index (χ0v) is 16.8. The van der Waals surface area contributed by atoms with Crippen molar-refractivity contribution in [1.29, 1.82) is 0 Å². The molecule has 1 aliphatic heterocycles. The van der Waals surface area contributed by atoms with Crippen LogP contribution in [-0.2, 0) is 31.4 Å². The van der Waals surface area contributed by atoms with E-state index in [0.29, 0.717) is 13.0 Å². The minimum Gasteiger partial charge on any atom is -0.354 e. The Bertz CT molecular complexity index is 1120. The number of nitrogens with zero attached hydrogens (tertiary/aromatic N) is 6. The van der Waals surface area contributed by atoms with E-state index in [2.05, 4.69) is 50.5 Å². The molecule has 7 nitrogen and oxygen atoms in total. The van der Waals surface area contributed by atoms with Gasteiger partial charge in [-0.15, -0.1) is 0 Å². The monoisotopic (exact) mass is 388 g/mol. The van der Waals surface area contributed by atoms with Crippen molar-refractivity contribution >= 4 is 11.5 Å². The van der Waals surface area contributed by atoms with Crippen molar-refractivity contribution in [3.05, 3.63) is 59.3 Å². The summed E-state index contributed by atoms with van der Waals surface area (Å²) in [5, 5.41) is 13.6. The molecule has 3 aromatic rings. The average Bonchev–Trinajstić information content (AvgIpc) is 3.42. The van der Waals surface area contributed by atoms with E-state index in [1.54, 1.807) is 9.58 Å². The molecule has 0 aromatic carbocycles. The molecule has 0 spiro atoms. The van der Waals surface area contributed by atoms with Gasteiger partial charge in [-0.2, -0.15) is 15.3 Å². The predicted molar refractivity (Wildman–Crippen MR) is 110 cm³/mol. The van der Waals surface area contributed by atoms with Gasteiger partial charge >= 0.3 is 0 Å². The van der Waals surface area contributed by atoms with Crippen LogP contribution in [0.25, 0.3) is 16.8 Å². The quantitative estimate of drug-likeness (QED) is 0.594. The predicted octanol–water partition coefficient (Wildman–Crippen LogP) is 2.81. The molecule has 1 amide bonds. The largest absolute Gasteiger partial charge is 0.354 e. The second kappa shape index (κ2) is 6.99. The Balaban J connectivity index is 1.62. The normalized spacial score (nSPS) is 16.7. The Morgan fingerprint density at radius 1 is 1.03 bits per heavy atom. The summed E-state index contributed by atoms with van der Waals surface area (Å²) in [6.07, 6.45) is 11.7. The molecule has 4 bridgehead atoms. The Morgan fingerprint density at radius 2 is 1.93 bits per heavy atom. The summed E-state index contributed by atoms with van der Waals surface area (Å²) in [6, 6.07) is 4.28. The van der Waals surface area contributed by atoms with Crippen molar-refractivity contribution in [3.8, 4) is 11.3 Å². The van der Waals surface area contributed by atoms with Crippen molar-refractivity contribution in [2.24, 2.45) is 7.05 Å². The van der Waals surface area contributed by atoms with Crippen molar-refractivity contribution in [2.45, 2.75) is 38.8 Å². The standard InChI is InChI=1S/C22H24N6O/c1-26-14-21-18(13-27(2)25-21)20-11-17-16(6-7-19(17)23-24-20)15-8-10-28(12-15)9-4-3-5-22(26)29/h6,8,10-13H,3-5,7,9,14H2,1-2H3. The Morgan fingerprint density at radius 3 is 2.83 bits per heavy atom. The average molecular weight is 388 g/mol. The van der Waals surface area contributed by atoms with Gasteiger partial charge in [-0.05, 0) is 36.1 Å². The fraction of sp³-hybridized carbons (Fsp3) is 0.364. The molecule has 7 heteroatoms. The van der Waals surface area contributed by atoms with Crippen LogP contribution in [0.2, 0.25) is 0 Å². The van der Waals surface area contributed by atoms with E-state index in [1.807, 2.05) is 20.3 Å². The lowest BCUT2D eigenvalue weighted by Crippen LogP contribution is -2.26. The summed E-state index contributed by atoms with van der Waals surface area (Å²) >= 11 is 0. The minimum absolute atomic E-state index is 0.146. The summed E-state index contributed by atoms with van der Waals surface area (Å²) in [5.41, 5.74) is 7.15. The molecule has 0 N–H and O–H groups in total. The second-order valence-corrected chi connectivity index (χ2v) is 7.92. The van der Waals surface area contributed by atoms with Crippen molar-refractivity contribution < 1.29 is 4.79 Å². The third kappa shape index (κ3) is 3.26. The molecular formula is C22H24N6O. The smallest absolute Gasteiger partial charge is 0.222 e. The van der Waals surface area contributed by atoms with Crippen LogP contribution in [0.1, 0.15) is 41.8 Å². The van der Waals surface area contributed by atoms with Gasteiger partial charge in [0.1, 0.15) is 0 Å². The van der Waals surface area contributed by atoms with Crippen molar-refractivity contribution in [2.75, 3.05) is 7.05 Å². The summed E-state index contributed by atoms with van der Waals surface area (Å²) < 4.78 is 3.99. The molecule has 0 fully saturated rings. The van der Waals surface area contributed by atoms with Gasteiger partial charge in [-0.1, -0.05) is 6.08 Å². The number of fused-ring (bicyclic) bond motifs is 6. The van der Waals surface area contributed by atoms with Gasteiger partial charge in [0.15, 0.2) is 0 Å². The first-order chi connectivity index (χ1) is 14.1.